The van der Waals surface area contributed by atoms with Gasteiger partial charge in [-0.15, -0.1) is 21.5 Å². The van der Waals surface area contributed by atoms with Gasteiger partial charge in [-0.05, 0) is 25.3 Å². The van der Waals surface area contributed by atoms with E-state index < -0.39 is 0 Å². The SMILES string of the molecule is CCCCCCCSc1nnc2n(C)c(=O)c3c4c(sc3n12)CO[C@@](C)(CC)C4. The monoisotopic (exact) mass is 434 g/mol. The Balaban J connectivity index is 1.73. The first-order valence-corrected chi connectivity index (χ1v) is 12.4. The number of unbranched alkanes of at least 4 members (excludes halogenated alkanes) is 4. The average Bonchev–Trinajstić information content (AvgIpc) is 3.30. The van der Waals surface area contributed by atoms with Gasteiger partial charge >= 0.3 is 0 Å². The molecule has 0 radical (unpaired) electrons. The number of nitrogens with zero attached hydrogens (tertiary/aromatic N) is 4. The molecule has 0 amide bonds. The molecular formula is C21H30N4O2S2. The highest BCUT2D eigenvalue weighted by molar-refractivity contribution is 7.99. The lowest BCUT2D eigenvalue weighted by molar-refractivity contribution is -0.0543. The van der Waals surface area contributed by atoms with Gasteiger partial charge in [0.1, 0.15) is 4.83 Å². The van der Waals surface area contributed by atoms with Crippen LogP contribution in [0.2, 0.25) is 0 Å². The molecule has 8 heteroatoms. The third kappa shape index (κ3) is 3.75. The molecule has 6 nitrogen and oxygen atoms in total. The van der Waals surface area contributed by atoms with Gasteiger partial charge in [0.2, 0.25) is 5.78 Å². The number of ether oxygens (including phenoxy) is 1. The number of hydrogen-bond acceptors (Lipinski definition) is 6. The van der Waals surface area contributed by atoms with E-state index in [1.165, 1.54) is 37.0 Å². The Morgan fingerprint density at radius 2 is 2.00 bits per heavy atom. The summed E-state index contributed by atoms with van der Waals surface area (Å²) < 4.78 is 9.86. The highest BCUT2D eigenvalue weighted by Crippen LogP contribution is 2.39. The van der Waals surface area contributed by atoms with Crippen molar-refractivity contribution in [3.63, 3.8) is 0 Å². The maximum Gasteiger partial charge on any atom is 0.263 e. The van der Waals surface area contributed by atoms with Crippen molar-refractivity contribution in [1.82, 2.24) is 19.2 Å². The molecule has 1 aliphatic rings. The Hall–Kier alpha value is -1.38. The van der Waals surface area contributed by atoms with Crippen LogP contribution in [0.25, 0.3) is 16.0 Å². The molecule has 1 atom stereocenters. The van der Waals surface area contributed by atoms with Gasteiger partial charge in [0.25, 0.3) is 5.56 Å². The summed E-state index contributed by atoms with van der Waals surface area (Å²) >= 11 is 3.41. The van der Waals surface area contributed by atoms with Crippen LogP contribution in [0.5, 0.6) is 0 Å². The van der Waals surface area contributed by atoms with Gasteiger partial charge in [0.15, 0.2) is 5.16 Å². The molecule has 29 heavy (non-hydrogen) atoms. The molecule has 0 saturated heterocycles. The molecule has 0 aliphatic carbocycles. The molecule has 0 saturated carbocycles. The zero-order valence-electron chi connectivity index (χ0n) is 17.8. The van der Waals surface area contributed by atoms with E-state index in [4.69, 9.17) is 4.74 Å². The fraction of sp³-hybridized carbons (Fsp3) is 0.667. The fourth-order valence-corrected chi connectivity index (χ4v) is 6.16. The second-order valence-corrected chi connectivity index (χ2v) is 10.3. The molecule has 1 aliphatic heterocycles. The molecule has 0 fully saturated rings. The minimum absolute atomic E-state index is 0.0221. The Morgan fingerprint density at radius 3 is 2.76 bits per heavy atom. The molecule has 158 valence electrons. The van der Waals surface area contributed by atoms with E-state index in [9.17, 15) is 4.79 Å². The summed E-state index contributed by atoms with van der Waals surface area (Å²) in [6.07, 6.45) is 8.01. The first-order chi connectivity index (χ1) is 14.0. The van der Waals surface area contributed by atoms with E-state index in [-0.39, 0.29) is 11.2 Å². The minimum Gasteiger partial charge on any atom is -0.369 e. The maximum absolute atomic E-state index is 13.2. The maximum atomic E-state index is 13.2. The van der Waals surface area contributed by atoms with Gasteiger partial charge in [-0.3, -0.25) is 9.36 Å². The van der Waals surface area contributed by atoms with Gasteiger partial charge in [-0.2, -0.15) is 0 Å². The van der Waals surface area contributed by atoms with Gasteiger partial charge in [-0.1, -0.05) is 51.3 Å². The number of thiophene rings is 1. The third-order valence-electron chi connectivity index (χ3n) is 6.04. The Labute approximate surface area is 179 Å². The summed E-state index contributed by atoms with van der Waals surface area (Å²) in [6.45, 7) is 7.10. The Morgan fingerprint density at radius 1 is 1.21 bits per heavy atom. The van der Waals surface area contributed by atoms with E-state index >= 15 is 0 Å². The number of thioether (sulfide) groups is 1. The van der Waals surface area contributed by atoms with Crippen molar-refractivity contribution in [2.24, 2.45) is 7.05 Å². The largest absolute Gasteiger partial charge is 0.369 e. The van der Waals surface area contributed by atoms with Crippen molar-refractivity contribution in [2.45, 2.75) is 83.1 Å². The summed E-state index contributed by atoms with van der Waals surface area (Å²) in [5.74, 6) is 1.64. The molecule has 0 N–H and O–H groups in total. The Kier molecular flexibility index (Phi) is 6.04. The van der Waals surface area contributed by atoms with Gasteiger partial charge in [0.05, 0.1) is 17.6 Å². The first kappa shape index (κ1) is 20.9. The molecule has 4 rings (SSSR count). The smallest absolute Gasteiger partial charge is 0.263 e. The molecule has 3 aromatic heterocycles. The van der Waals surface area contributed by atoms with E-state index in [1.807, 2.05) is 0 Å². The van der Waals surface area contributed by atoms with E-state index in [2.05, 4.69) is 35.4 Å². The average molecular weight is 435 g/mol. The molecular weight excluding hydrogens is 404 g/mol. The van der Waals surface area contributed by atoms with Crippen molar-refractivity contribution >= 4 is 39.1 Å². The lowest BCUT2D eigenvalue weighted by atomic mass is 9.90. The van der Waals surface area contributed by atoms with Crippen molar-refractivity contribution in [3.05, 3.63) is 20.8 Å². The van der Waals surface area contributed by atoms with Crippen molar-refractivity contribution in [3.8, 4) is 0 Å². The minimum atomic E-state index is -0.204. The standard InChI is InChI=1S/C21H30N4O2S2/c1-5-7-8-9-10-11-28-20-23-22-19-24(4)17(26)16-14-12-21(3,6-2)27-13-15(14)29-18(16)25(19)20/h5-13H2,1-4H3/t21-/m0/s1. The zero-order valence-corrected chi connectivity index (χ0v) is 19.4. The van der Waals surface area contributed by atoms with Crippen LogP contribution in [-0.2, 0) is 24.8 Å². The predicted molar refractivity (Wildman–Crippen MR) is 120 cm³/mol. The topological polar surface area (TPSA) is 61.4 Å². The highest BCUT2D eigenvalue weighted by atomic mass is 32.2. The molecule has 0 aromatic carbocycles. The van der Waals surface area contributed by atoms with Crippen molar-refractivity contribution < 1.29 is 4.74 Å². The number of rotatable bonds is 8. The first-order valence-electron chi connectivity index (χ1n) is 10.6. The van der Waals surface area contributed by atoms with Crippen LogP contribution in [0.1, 0.15) is 69.7 Å². The molecule has 0 unspecified atom stereocenters. The molecule has 0 spiro atoms. The van der Waals surface area contributed by atoms with Crippen LogP contribution in [0.15, 0.2) is 9.95 Å². The summed E-state index contributed by atoms with van der Waals surface area (Å²) in [5, 5.41) is 10.5. The number of hydrogen-bond donors (Lipinski definition) is 0. The van der Waals surface area contributed by atoms with Crippen LogP contribution >= 0.6 is 23.1 Å². The van der Waals surface area contributed by atoms with E-state index in [1.54, 1.807) is 34.7 Å². The fourth-order valence-electron chi connectivity index (χ4n) is 3.95. The number of aromatic nitrogens is 4. The van der Waals surface area contributed by atoms with Crippen LogP contribution < -0.4 is 5.56 Å². The van der Waals surface area contributed by atoms with E-state index in [0.717, 1.165) is 39.5 Å². The molecule has 4 heterocycles. The molecule has 3 aromatic rings. The normalized spacial score (nSPS) is 19.3. The summed E-state index contributed by atoms with van der Waals surface area (Å²) in [6, 6.07) is 0. The zero-order chi connectivity index (χ0) is 20.6. The number of fused-ring (bicyclic) bond motifs is 5. The lowest BCUT2D eigenvalue weighted by Crippen LogP contribution is -2.34. The van der Waals surface area contributed by atoms with Crippen molar-refractivity contribution in [1.29, 1.82) is 0 Å². The molecule has 0 bridgehead atoms. The highest BCUT2D eigenvalue weighted by Gasteiger charge is 2.33. The Bertz CT molecular complexity index is 1080. The van der Waals surface area contributed by atoms with E-state index in [0.29, 0.717) is 12.4 Å². The summed E-state index contributed by atoms with van der Waals surface area (Å²) in [4.78, 5) is 15.3. The third-order valence-corrected chi connectivity index (χ3v) is 8.25. The van der Waals surface area contributed by atoms with Gasteiger partial charge < -0.3 is 4.74 Å². The van der Waals surface area contributed by atoms with Crippen LogP contribution in [-0.4, -0.2) is 30.5 Å². The quantitative estimate of drug-likeness (QED) is 0.371. The van der Waals surface area contributed by atoms with Crippen LogP contribution in [0, 0.1) is 0 Å². The second kappa shape index (κ2) is 8.40. The van der Waals surface area contributed by atoms with Crippen molar-refractivity contribution in [2.75, 3.05) is 5.75 Å². The summed E-state index contributed by atoms with van der Waals surface area (Å²) in [7, 11) is 1.80. The summed E-state index contributed by atoms with van der Waals surface area (Å²) in [5.41, 5.74) is 0.978. The lowest BCUT2D eigenvalue weighted by Gasteiger charge is -2.32. The predicted octanol–water partition coefficient (Wildman–Crippen LogP) is 4.95. The second-order valence-electron chi connectivity index (χ2n) is 8.20. The number of aryl methyl sites for hydroxylation is 1. The van der Waals surface area contributed by atoms with Crippen LogP contribution in [0.3, 0.4) is 0 Å². The van der Waals surface area contributed by atoms with Gasteiger partial charge in [-0.25, -0.2) is 4.40 Å². The van der Waals surface area contributed by atoms with Crippen LogP contribution in [0.4, 0.5) is 0 Å². The van der Waals surface area contributed by atoms with Gasteiger partial charge in [0, 0.05) is 24.1 Å².